The van der Waals surface area contributed by atoms with Crippen molar-refractivity contribution in [2.45, 2.75) is 49.3 Å². The Morgan fingerprint density at radius 2 is 1.93 bits per heavy atom. The lowest BCUT2D eigenvalue weighted by atomic mass is 9.99. The van der Waals surface area contributed by atoms with E-state index in [1.807, 2.05) is 4.90 Å². The quantitative estimate of drug-likeness (QED) is 0.671. The third-order valence-electron chi connectivity index (χ3n) is 4.99. The fraction of sp³-hybridized carbons (Fsp3) is 0.400. The lowest BCUT2D eigenvalue weighted by Crippen LogP contribution is -2.43. The Labute approximate surface area is 175 Å². The van der Waals surface area contributed by atoms with E-state index in [2.05, 4.69) is 11.9 Å². The first-order valence-corrected chi connectivity index (χ1v) is 11.7. The number of rotatable bonds is 5. The molecule has 5 nitrogen and oxygen atoms in total. The highest BCUT2D eigenvalue weighted by molar-refractivity contribution is 7.90. The Kier molecular flexibility index (Phi) is 6.63. The average Bonchev–Trinajstić information content (AvgIpc) is 2.67. The van der Waals surface area contributed by atoms with Crippen LogP contribution in [-0.4, -0.2) is 36.8 Å². The molecule has 1 aromatic carbocycles. The van der Waals surface area contributed by atoms with Crippen molar-refractivity contribution < 1.29 is 13.2 Å². The fourth-order valence-electron chi connectivity index (χ4n) is 3.61. The number of aromatic nitrogens is 1. The number of hydrogen-bond acceptors (Lipinski definition) is 4. The molecule has 2 heterocycles. The zero-order valence-corrected chi connectivity index (χ0v) is 17.9. The van der Waals surface area contributed by atoms with E-state index in [0.717, 1.165) is 32.2 Å². The number of sulfone groups is 1. The van der Waals surface area contributed by atoms with Gasteiger partial charge in [0.1, 0.15) is 4.90 Å². The molecule has 3 rings (SSSR count). The molecule has 1 atom stereocenters. The molecule has 1 amide bonds. The number of likely N-dealkylation sites (tertiary alicyclic amines) is 1. The van der Waals surface area contributed by atoms with E-state index in [9.17, 15) is 13.2 Å². The number of pyridine rings is 1. The normalized spacial score (nSPS) is 17.5. The second kappa shape index (κ2) is 8.80. The SMILES string of the molecule is CCC1CCCCN1C(=O)c1cncc(CS(=O)(=O)c2c(Cl)cccc2Cl)c1. The zero-order valence-electron chi connectivity index (χ0n) is 15.6. The summed E-state index contributed by atoms with van der Waals surface area (Å²) in [5.41, 5.74) is 0.824. The monoisotopic (exact) mass is 440 g/mol. The molecule has 1 aliphatic heterocycles. The molecule has 8 heteroatoms. The number of amides is 1. The molecular weight excluding hydrogens is 419 g/mol. The molecular formula is C20H22Cl2N2O3S. The first kappa shape index (κ1) is 21.1. The van der Waals surface area contributed by atoms with Gasteiger partial charge < -0.3 is 4.90 Å². The van der Waals surface area contributed by atoms with Crippen LogP contribution in [0.5, 0.6) is 0 Å². The summed E-state index contributed by atoms with van der Waals surface area (Å²) in [6.45, 7) is 2.79. The smallest absolute Gasteiger partial charge is 0.255 e. The summed E-state index contributed by atoms with van der Waals surface area (Å²) in [6, 6.07) is 6.38. The van der Waals surface area contributed by atoms with Gasteiger partial charge in [0.15, 0.2) is 9.84 Å². The van der Waals surface area contributed by atoms with E-state index < -0.39 is 9.84 Å². The van der Waals surface area contributed by atoms with Crippen LogP contribution in [-0.2, 0) is 15.6 Å². The van der Waals surface area contributed by atoms with Gasteiger partial charge >= 0.3 is 0 Å². The van der Waals surface area contributed by atoms with Gasteiger partial charge in [-0.15, -0.1) is 0 Å². The number of carbonyl (C=O) groups is 1. The van der Waals surface area contributed by atoms with Crippen LogP contribution in [0, 0.1) is 0 Å². The van der Waals surface area contributed by atoms with E-state index in [4.69, 9.17) is 23.2 Å². The summed E-state index contributed by atoms with van der Waals surface area (Å²) in [4.78, 5) is 18.8. The molecule has 1 saturated heterocycles. The molecule has 0 saturated carbocycles. The van der Waals surface area contributed by atoms with Gasteiger partial charge in [-0.05, 0) is 49.4 Å². The van der Waals surface area contributed by atoms with Crippen molar-refractivity contribution in [3.8, 4) is 0 Å². The molecule has 0 aliphatic carbocycles. The summed E-state index contributed by atoms with van der Waals surface area (Å²) >= 11 is 12.1. The molecule has 0 bridgehead atoms. The van der Waals surface area contributed by atoms with Gasteiger partial charge in [-0.1, -0.05) is 36.2 Å². The van der Waals surface area contributed by atoms with Crippen LogP contribution in [0.25, 0.3) is 0 Å². The van der Waals surface area contributed by atoms with Crippen molar-refractivity contribution in [1.29, 1.82) is 0 Å². The van der Waals surface area contributed by atoms with Gasteiger partial charge in [0, 0.05) is 25.0 Å². The Morgan fingerprint density at radius 3 is 2.61 bits per heavy atom. The number of carbonyl (C=O) groups excluding carboxylic acids is 1. The summed E-state index contributed by atoms with van der Waals surface area (Å²) in [7, 11) is -3.79. The van der Waals surface area contributed by atoms with Gasteiger partial charge in [0.2, 0.25) is 0 Å². The highest BCUT2D eigenvalue weighted by Gasteiger charge is 2.27. The van der Waals surface area contributed by atoms with Gasteiger partial charge in [-0.25, -0.2) is 8.42 Å². The molecule has 1 aliphatic rings. The predicted octanol–water partition coefficient (Wildman–Crippen LogP) is 4.77. The van der Waals surface area contributed by atoms with Crippen molar-refractivity contribution in [3.63, 3.8) is 0 Å². The average molecular weight is 441 g/mol. The molecule has 1 unspecified atom stereocenters. The highest BCUT2D eigenvalue weighted by Crippen LogP contribution is 2.31. The third-order valence-corrected chi connectivity index (χ3v) is 7.62. The Hall–Kier alpha value is -1.63. The van der Waals surface area contributed by atoms with Crippen LogP contribution in [0.1, 0.15) is 48.5 Å². The van der Waals surface area contributed by atoms with E-state index in [1.165, 1.54) is 24.5 Å². The standard InChI is InChI=1S/C20H22Cl2N2O3S/c1-2-16-6-3-4-9-24(16)20(25)15-10-14(11-23-12-15)13-28(26,27)19-17(21)7-5-8-18(19)22/h5,7-8,10-12,16H,2-4,6,9,13H2,1H3. The number of halogens is 2. The molecule has 0 radical (unpaired) electrons. The third kappa shape index (κ3) is 4.50. The highest BCUT2D eigenvalue weighted by atomic mass is 35.5. The van der Waals surface area contributed by atoms with E-state index in [-0.39, 0.29) is 32.6 Å². The predicted molar refractivity (Wildman–Crippen MR) is 111 cm³/mol. The zero-order chi connectivity index (χ0) is 20.3. The fourth-order valence-corrected chi connectivity index (χ4v) is 6.19. The summed E-state index contributed by atoms with van der Waals surface area (Å²) in [5.74, 6) is -0.434. The lowest BCUT2D eigenvalue weighted by molar-refractivity contribution is 0.0607. The first-order valence-electron chi connectivity index (χ1n) is 9.25. The molecule has 1 fully saturated rings. The molecule has 150 valence electrons. The molecule has 0 spiro atoms. The minimum atomic E-state index is -3.79. The molecule has 0 N–H and O–H groups in total. The number of benzene rings is 1. The van der Waals surface area contributed by atoms with E-state index in [0.29, 0.717) is 11.1 Å². The second-order valence-electron chi connectivity index (χ2n) is 6.95. The van der Waals surface area contributed by atoms with E-state index in [1.54, 1.807) is 12.1 Å². The van der Waals surface area contributed by atoms with Crippen LogP contribution < -0.4 is 0 Å². The maximum atomic E-state index is 13.0. The van der Waals surface area contributed by atoms with Crippen LogP contribution in [0.2, 0.25) is 10.0 Å². The van der Waals surface area contributed by atoms with E-state index >= 15 is 0 Å². The number of hydrogen-bond donors (Lipinski definition) is 0. The van der Waals surface area contributed by atoms with Crippen LogP contribution in [0.15, 0.2) is 41.6 Å². The van der Waals surface area contributed by atoms with Crippen molar-refractivity contribution in [2.75, 3.05) is 6.54 Å². The van der Waals surface area contributed by atoms with Crippen molar-refractivity contribution >= 4 is 38.9 Å². The minimum absolute atomic E-state index is 0.0757. The molecule has 2 aromatic rings. The van der Waals surface area contributed by atoms with Gasteiger partial charge in [-0.2, -0.15) is 0 Å². The summed E-state index contributed by atoms with van der Waals surface area (Å²) in [5, 5.41) is 0.151. The lowest BCUT2D eigenvalue weighted by Gasteiger charge is -2.35. The largest absolute Gasteiger partial charge is 0.336 e. The number of nitrogens with zero attached hydrogens (tertiary/aromatic N) is 2. The molecule has 28 heavy (non-hydrogen) atoms. The Morgan fingerprint density at radius 1 is 1.21 bits per heavy atom. The summed E-state index contributed by atoms with van der Waals surface area (Å²) in [6.07, 6.45) is 6.94. The topological polar surface area (TPSA) is 67.3 Å². The second-order valence-corrected chi connectivity index (χ2v) is 9.69. The van der Waals surface area contributed by atoms with Crippen LogP contribution >= 0.6 is 23.2 Å². The van der Waals surface area contributed by atoms with Crippen LogP contribution in [0.4, 0.5) is 0 Å². The van der Waals surface area contributed by atoms with Crippen molar-refractivity contribution in [2.24, 2.45) is 0 Å². The Balaban J connectivity index is 1.86. The van der Waals surface area contributed by atoms with Crippen molar-refractivity contribution in [1.82, 2.24) is 9.88 Å². The maximum absolute atomic E-state index is 13.0. The van der Waals surface area contributed by atoms with Crippen LogP contribution in [0.3, 0.4) is 0 Å². The Bertz CT molecular complexity index is 959. The van der Waals surface area contributed by atoms with Gasteiger partial charge in [0.25, 0.3) is 5.91 Å². The maximum Gasteiger partial charge on any atom is 0.255 e. The van der Waals surface area contributed by atoms with Gasteiger partial charge in [0.05, 0.1) is 21.4 Å². The minimum Gasteiger partial charge on any atom is -0.336 e. The summed E-state index contributed by atoms with van der Waals surface area (Å²) < 4.78 is 25.7. The molecule has 1 aromatic heterocycles. The number of piperidine rings is 1. The van der Waals surface area contributed by atoms with Gasteiger partial charge in [-0.3, -0.25) is 9.78 Å². The van der Waals surface area contributed by atoms with Crippen molar-refractivity contribution in [3.05, 3.63) is 57.8 Å². The first-order chi connectivity index (χ1) is 13.3.